The van der Waals surface area contributed by atoms with Gasteiger partial charge < -0.3 is 9.80 Å². The van der Waals surface area contributed by atoms with Gasteiger partial charge in [-0.15, -0.1) is 11.8 Å². The van der Waals surface area contributed by atoms with Gasteiger partial charge >= 0.3 is 0 Å². The van der Waals surface area contributed by atoms with Crippen LogP contribution in [0.3, 0.4) is 0 Å². The van der Waals surface area contributed by atoms with E-state index in [2.05, 4.69) is 9.88 Å². The fourth-order valence-corrected chi connectivity index (χ4v) is 4.60. The zero-order chi connectivity index (χ0) is 19.3. The summed E-state index contributed by atoms with van der Waals surface area (Å²) in [4.78, 5) is 36.7. The zero-order valence-corrected chi connectivity index (χ0v) is 16.6. The number of aromatic nitrogens is 1. The van der Waals surface area contributed by atoms with Crippen LogP contribution >= 0.6 is 11.8 Å². The Balaban J connectivity index is 1.37. The summed E-state index contributed by atoms with van der Waals surface area (Å²) >= 11 is 1.54. The van der Waals surface area contributed by atoms with Crippen LogP contribution in [-0.2, 0) is 16.1 Å². The van der Waals surface area contributed by atoms with Crippen LogP contribution in [-0.4, -0.2) is 65.1 Å². The van der Waals surface area contributed by atoms with Gasteiger partial charge in [-0.2, -0.15) is 0 Å². The molecule has 0 radical (unpaired) electrons. The first-order valence-electron chi connectivity index (χ1n) is 9.63. The molecular weight excluding hydrogens is 372 g/mol. The Morgan fingerprint density at radius 3 is 2.75 bits per heavy atom. The Labute approximate surface area is 169 Å². The molecule has 0 N–H and O–H groups in total. The summed E-state index contributed by atoms with van der Waals surface area (Å²) in [5.74, 6) is 0.417. The topological polar surface area (TPSA) is 56.8 Å². The molecule has 7 heteroatoms. The summed E-state index contributed by atoms with van der Waals surface area (Å²) in [5, 5.41) is 0. The standard InChI is InChI=1S/C21H24N4O2S/c26-20(15-25-18-7-1-2-8-19(18)28-16-21(25)27)24-11-5-10-23(12-13-24)14-17-6-3-4-9-22-17/h1-4,6-9H,5,10-16H2. The molecular formula is C21H24N4O2S. The van der Waals surface area contributed by atoms with Crippen molar-refractivity contribution in [1.82, 2.24) is 14.8 Å². The Morgan fingerprint density at radius 1 is 1.04 bits per heavy atom. The SMILES string of the molecule is O=C(CN1C(=O)CSc2ccccc21)N1CCCN(Cc2ccccn2)CC1. The van der Waals surface area contributed by atoms with Crippen molar-refractivity contribution in [1.29, 1.82) is 0 Å². The fourth-order valence-electron chi connectivity index (χ4n) is 3.66. The first-order valence-corrected chi connectivity index (χ1v) is 10.6. The number of hydrogen-bond acceptors (Lipinski definition) is 5. The molecule has 1 fully saturated rings. The van der Waals surface area contributed by atoms with E-state index in [0.717, 1.165) is 48.9 Å². The molecule has 4 rings (SSSR count). The van der Waals surface area contributed by atoms with E-state index in [-0.39, 0.29) is 18.4 Å². The number of thioether (sulfide) groups is 1. The van der Waals surface area contributed by atoms with Crippen molar-refractivity contribution in [2.75, 3.05) is 43.4 Å². The van der Waals surface area contributed by atoms with Crippen LogP contribution < -0.4 is 4.90 Å². The Hall–Kier alpha value is -2.38. The summed E-state index contributed by atoms with van der Waals surface area (Å²) in [7, 11) is 0. The normalized spacial score (nSPS) is 17.9. The van der Waals surface area contributed by atoms with Crippen molar-refractivity contribution in [3.05, 3.63) is 54.4 Å². The van der Waals surface area contributed by atoms with E-state index in [1.54, 1.807) is 4.90 Å². The van der Waals surface area contributed by atoms with Gasteiger partial charge in [0, 0.05) is 43.8 Å². The van der Waals surface area contributed by atoms with Crippen LogP contribution in [0.1, 0.15) is 12.1 Å². The van der Waals surface area contributed by atoms with E-state index in [1.165, 1.54) is 11.8 Å². The highest BCUT2D eigenvalue weighted by Crippen LogP contribution is 2.34. The number of anilines is 1. The predicted octanol–water partition coefficient (Wildman–Crippen LogP) is 2.25. The fraction of sp³-hybridized carbons (Fsp3) is 0.381. The van der Waals surface area contributed by atoms with Gasteiger partial charge in [0.2, 0.25) is 11.8 Å². The molecule has 146 valence electrons. The summed E-state index contributed by atoms with van der Waals surface area (Å²) < 4.78 is 0. The van der Waals surface area contributed by atoms with Crippen molar-refractivity contribution >= 4 is 29.3 Å². The van der Waals surface area contributed by atoms with E-state index in [1.807, 2.05) is 53.6 Å². The molecule has 6 nitrogen and oxygen atoms in total. The second-order valence-electron chi connectivity index (χ2n) is 7.07. The average molecular weight is 397 g/mol. The van der Waals surface area contributed by atoms with Gasteiger partial charge in [0.15, 0.2) is 0 Å². The maximum Gasteiger partial charge on any atom is 0.242 e. The van der Waals surface area contributed by atoms with Crippen LogP contribution in [0.5, 0.6) is 0 Å². The molecule has 0 atom stereocenters. The van der Waals surface area contributed by atoms with Gasteiger partial charge in [0.1, 0.15) is 6.54 Å². The first kappa shape index (κ1) is 19.0. The molecule has 0 bridgehead atoms. The number of benzene rings is 1. The number of rotatable bonds is 4. The highest BCUT2D eigenvalue weighted by molar-refractivity contribution is 8.00. The van der Waals surface area contributed by atoms with Gasteiger partial charge in [0.25, 0.3) is 0 Å². The number of pyridine rings is 1. The minimum absolute atomic E-state index is 0.00338. The van der Waals surface area contributed by atoms with Crippen LogP contribution in [0.15, 0.2) is 53.6 Å². The molecule has 1 saturated heterocycles. The van der Waals surface area contributed by atoms with E-state index in [0.29, 0.717) is 12.3 Å². The maximum absolute atomic E-state index is 12.9. The Bertz CT molecular complexity index is 845. The van der Waals surface area contributed by atoms with E-state index >= 15 is 0 Å². The van der Waals surface area contributed by atoms with Gasteiger partial charge in [-0.05, 0) is 30.7 Å². The summed E-state index contributed by atoms with van der Waals surface area (Å²) in [6.07, 6.45) is 2.74. The largest absolute Gasteiger partial charge is 0.340 e. The van der Waals surface area contributed by atoms with Gasteiger partial charge in [-0.1, -0.05) is 18.2 Å². The Kier molecular flexibility index (Phi) is 5.92. The van der Waals surface area contributed by atoms with Gasteiger partial charge in [-0.3, -0.25) is 19.5 Å². The molecule has 1 aromatic heterocycles. The smallest absolute Gasteiger partial charge is 0.242 e. The highest BCUT2D eigenvalue weighted by atomic mass is 32.2. The zero-order valence-electron chi connectivity index (χ0n) is 15.8. The molecule has 2 aliphatic rings. The molecule has 28 heavy (non-hydrogen) atoms. The first-order chi connectivity index (χ1) is 13.7. The highest BCUT2D eigenvalue weighted by Gasteiger charge is 2.28. The van der Waals surface area contributed by atoms with Crippen LogP contribution in [0.25, 0.3) is 0 Å². The van der Waals surface area contributed by atoms with Crippen LogP contribution in [0, 0.1) is 0 Å². The van der Waals surface area contributed by atoms with Crippen molar-refractivity contribution in [2.24, 2.45) is 0 Å². The molecule has 2 aliphatic heterocycles. The molecule has 2 amide bonds. The summed E-state index contributed by atoms with van der Waals surface area (Å²) in [5.41, 5.74) is 1.90. The predicted molar refractivity (Wildman–Crippen MR) is 110 cm³/mol. The minimum atomic E-state index is 0.00338. The number of fused-ring (bicyclic) bond motifs is 1. The maximum atomic E-state index is 12.9. The third-order valence-corrected chi connectivity index (χ3v) is 6.20. The van der Waals surface area contributed by atoms with Crippen molar-refractivity contribution in [3.8, 4) is 0 Å². The number of nitrogens with zero attached hydrogens (tertiary/aromatic N) is 4. The van der Waals surface area contributed by atoms with Crippen LogP contribution in [0.2, 0.25) is 0 Å². The number of amides is 2. The monoisotopic (exact) mass is 396 g/mol. The van der Waals surface area contributed by atoms with Gasteiger partial charge in [-0.25, -0.2) is 0 Å². The minimum Gasteiger partial charge on any atom is -0.340 e. The lowest BCUT2D eigenvalue weighted by atomic mass is 10.2. The van der Waals surface area contributed by atoms with Crippen molar-refractivity contribution in [2.45, 2.75) is 17.9 Å². The number of para-hydroxylation sites is 1. The number of carbonyl (C=O) groups excluding carboxylic acids is 2. The second kappa shape index (κ2) is 8.75. The van der Waals surface area contributed by atoms with Gasteiger partial charge in [0.05, 0.1) is 17.1 Å². The third-order valence-electron chi connectivity index (χ3n) is 5.15. The lowest BCUT2D eigenvalue weighted by Gasteiger charge is -2.30. The molecule has 2 aromatic rings. The number of carbonyl (C=O) groups is 2. The lowest BCUT2D eigenvalue weighted by Crippen LogP contribution is -2.46. The van der Waals surface area contributed by atoms with Crippen molar-refractivity contribution < 1.29 is 9.59 Å². The summed E-state index contributed by atoms with van der Waals surface area (Å²) in [6, 6.07) is 13.8. The number of hydrogen-bond donors (Lipinski definition) is 0. The molecule has 0 spiro atoms. The molecule has 0 aliphatic carbocycles. The third kappa shape index (κ3) is 4.36. The summed E-state index contributed by atoms with van der Waals surface area (Å²) in [6.45, 7) is 4.11. The lowest BCUT2D eigenvalue weighted by molar-refractivity contribution is -0.131. The quantitative estimate of drug-likeness (QED) is 0.794. The Morgan fingerprint density at radius 2 is 1.89 bits per heavy atom. The second-order valence-corrected chi connectivity index (χ2v) is 8.09. The molecule has 3 heterocycles. The van der Waals surface area contributed by atoms with E-state index < -0.39 is 0 Å². The average Bonchev–Trinajstić information content (AvgIpc) is 2.96. The molecule has 0 saturated carbocycles. The van der Waals surface area contributed by atoms with E-state index in [4.69, 9.17) is 0 Å². The molecule has 1 aromatic carbocycles. The van der Waals surface area contributed by atoms with Crippen LogP contribution in [0.4, 0.5) is 5.69 Å². The van der Waals surface area contributed by atoms with Crippen molar-refractivity contribution in [3.63, 3.8) is 0 Å². The molecule has 0 unspecified atom stereocenters. The van der Waals surface area contributed by atoms with E-state index in [9.17, 15) is 9.59 Å².